The summed E-state index contributed by atoms with van der Waals surface area (Å²) in [6.45, 7) is 7.82. The third kappa shape index (κ3) is 3.26. The van der Waals surface area contributed by atoms with Crippen LogP contribution in [-0.4, -0.2) is 18.1 Å². The first-order valence-corrected chi connectivity index (χ1v) is 5.19. The van der Waals surface area contributed by atoms with Crippen molar-refractivity contribution >= 4 is 11.5 Å². The van der Waals surface area contributed by atoms with Gasteiger partial charge in [-0.2, -0.15) is 13.2 Å². The number of nitrogens with two attached hydrogens (primary N) is 1. The fraction of sp³-hybridized carbons (Fsp3) is 0.250. The Balaban J connectivity index is 3.19. The maximum Gasteiger partial charge on any atom is 0.417 e. The molecule has 0 atom stereocenters. The van der Waals surface area contributed by atoms with Gasteiger partial charge in [0.1, 0.15) is 5.82 Å². The molecule has 0 aliphatic heterocycles. The van der Waals surface area contributed by atoms with Gasteiger partial charge in [-0.25, -0.2) is 4.98 Å². The minimum atomic E-state index is -4.44. The summed E-state index contributed by atoms with van der Waals surface area (Å²) in [4.78, 5) is 5.19. The van der Waals surface area contributed by atoms with Crippen LogP contribution in [0.3, 0.4) is 0 Å². The molecule has 98 valence electrons. The molecule has 0 saturated heterocycles. The lowest BCUT2D eigenvalue weighted by Gasteiger charge is -2.23. The second-order valence-corrected chi connectivity index (χ2v) is 3.61. The van der Waals surface area contributed by atoms with Gasteiger partial charge in [0.25, 0.3) is 0 Å². The number of alkyl halides is 3. The van der Waals surface area contributed by atoms with E-state index in [0.29, 0.717) is 13.1 Å². The molecule has 0 aliphatic rings. The lowest BCUT2D eigenvalue weighted by atomic mass is 10.2. The number of rotatable bonds is 5. The summed E-state index contributed by atoms with van der Waals surface area (Å²) in [6.07, 6.45) is -0.575. The van der Waals surface area contributed by atoms with E-state index < -0.39 is 11.7 Å². The first-order valence-electron chi connectivity index (χ1n) is 5.19. The summed E-state index contributed by atoms with van der Waals surface area (Å²) in [5.74, 6) is 0.0479. The van der Waals surface area contributed by atoms with Crippen LogP contribution in [0.25, 0.3) is 0 Å². The lowest BCUT2D eigenvalue weighted by Crippen LogP contribution is -2.25. The maximum atomic E-state index is 12.6. The summed E-state index contributed by atoms with van der Waals surface area (Å²) in [6, 6.07) is 0.981. The van der Waals surface area contributed by atoms with Gasteiger partial charge in [0.05, 0.1) is 11.3 Å². The molecular formula is C12H14F3N3. The smallest absolute Gasteiger partial charge is 0.382 e. The second kappa shape index (κ2) is 5.57. The molecule has 6 heteroatoms. The molecule has 0 saturated carbocycles. The fourth-order valence-corrected chi connectivity index (χ4v) is 1.45. The Hall–Kier alpha value is -1.98. The van der Waals surface area contributed by atoms with Crippen molar-refractivity contribution in [1.29, 1.82) is 0 Å². The summed E-state index contributed by atoms with van der Waals surface area (Å²) < 4.78 is 37.8. The molecule has 0 aliphatic carbocycles. The Kier molecular flexibility index (Phi) is 4.36. The molecule has 0 amide bonds. The molecule has 1 aromatic rings. The van der Waals surface area contributed by atoms with E-state index in [1.165, 1.54) is 0 Å². The highest BCUT2D eigenvalue weighted by Gasteiger charge is 2.32. The third-order valence-corrected chi connectivity index (χ3v) is 2.26. The van der Waals surface area contributed by atoms with Crippen molar-refractivity contribution in [3.8, 4) is 0 Å². The zero-order chi connectivity index (χ0) is 13.8. The number of aromatic nitrogens is 1. The van der Waals surface area contributed by atoms with Crippen LogP contribution in [0, 0.1) is 0 Å². The number of halogens is 3. The summed E-state index contributed by atoms with van der Waals surface area (Å²) in [5.41, 5.74) is 5.00. The summed E-state index contributed by atoms with van der Waals surface area (Å²) >= 11 is 0. The number of hydrogen-bond acceptors (Lipinski definition) is 3. The molecule has 0 spiro atoms. The van der Waals surface area contributed by atoms with E-state index >= 15 is 0 Å². The molecule has 18 heavy (non-hydrogen) atoms. The van der Waals surface area contributed by atoms with Gasteiger partial charge >= 0.3 is 6.18 Å². The Bertz CT molecular complexity index is 431. The van der Waals surface area contributed by atoms with Crippen molar-refractivity contribution in [3.63, 3.8) is 0 Å². The highest BCUT2D eigenvalue weighted by atomic mass is 19.4. The number of nitrogens with zero attached hydrogens (tertiary/aromatic N) is 2. The molecule has 3 nitrogen and oxygen atoms in total. The molecule has 1 aromatic heterocycles. The van der Waals surface area contributed by atoms with Crippen LogP contribution < -0.4 is 10.6 Å². The topological polar surface area (TPSA) is 42.2 Å². The van der Waals surface area contributed by atoms with Gasteiger partial charge in [-0.05, 0) is 6.07 Å². The van der Waals surface area contributed by atoms with Crippen LogP contribution in [0.2, 0.25) is 0 Å². The van der Waals surface area contributed by atoms with E-state index in [-0.39, 0.29) is 11.5 Å². The van der Waals surface area contributed by atoms with Crippen LogP contribution in [0.5, 0.6) is 0 Å². The van der Waals surface area contributed by atoms with Gasteiger partial charge in [-0.3, -0.25) is 0 Å². The number of pyridine rings is 1. The second-order valence-electron chi connectivity index (χ2n) is 3.61. The predicted molar refractivity (Wildman–Crippen MR) is 66.3 cm³/mol. The summed E-state index contributed by atoms with van der Waals surface area (Å²) in [5, 5.41) is 0. The molecule has 0 fully saturated rings. The van der Waals surface area contributed by atoms with Gasteiger partial charge in [-0.15, -0.1) is 13.2 Å². The Morgan fingerprint density at radius 3 is 2.28 bits per heavy atom. The monoisotopic (exact) mass is 257 g/mol. The molecule has 0 radical (unpaired) electrons. The van der Waals surface area contributed by atoms with Crippen LogP contribution in [0.4, 0.5) is 24.7 Å². The van der Waals surface area contributed by atoms with Crippen LogP contribution in [-0.2, 0) is 6.18 Å². The van der Waals surface area contributed by atoms with Crippen LogP contribution >= 0.6 is 0 Å². The van der Waals surface area contributed by atoms with Gasteiger partial charge in [0, 0.05) is 19.3 Å². The van der Waals surface area contributed by atoms with Gasteiger partial charge in [0.15, 0.2) is 0 Å². The van der Waals surface area contributed by atoms with Crippen molar-refractivity contribution in [2.24, 2.45) is 0 Å². The zero-order valence-electron chi connectivity index (χ0n) is 9.74. The minimum absolute atomic E-state index is 0.0479. The Labute approximate surface area is 103 Å². The normalized spacial score (nSPS) is 11.1. The molecule has 1 heterocycles. The van der Waals surface area contributed by atoms with Crippen LogP contribution in [0.1, 0.15) is 5.56 Å². The molecule has 0 bridgehead atoms. The number of hydrogen-bond donors (Lipinski definition) is 1. The largest absolute Gasteiger partial charge is 0.417 e. The Morgan fingerprint density at radius 1 is 1.28 bits per heavy atom. The average molecular weight is 257 g/mol. The molecule has 1 rings (SSSR count). The third-order valence-electron chi connectivity index (χ3n) is 2.26. The SMILES string of the molecule is C=CCN(CC=C)c1cc(C(F)(F)F)cnc1N. The van der Waals surface area contributed by atoms with Crippen molar-refractivity contribution in [1.82, 2.24) is 4.98 Å². The van der Waals surface area contributed by atoms with E-state index in [1.54, 1.807) is 17.1 Å². The van der Waals surface area contributed by atoms with E-state index in [0.717, 1.165) is 12.3 Å². The zero-order valence-corrected chi connectivity index (χ0v) is 9.74. The first kappa shape index (κ1) is 14.1. The van der Waals surface area contributed by atoms with E-state index in [2.05, 4.69) is 18.1 Å². The highest BCUT2D eigenvalue weighted by Crippen LogP contribution is 2.33. The van der Waals surface area contributed by atoms with Gasteiger partial charge in [-0.1, -0.05) is 12.2 Å². The van der Waals surface area contributed by atoms with Crippen molar-refractivity contribution < 1.29 is 13.2 Å². The first-order chi connectivity index (χ1) is 8.40. The minimum Gasteiger partial charge on any atom is -0.382 e. The number of nitrogen functional groups attached to an aromatic ring is 1. The molecular weight excluding hydrogens is 243 g/mol. The van der Waals surface area contributed by atoms with Crippen molar-refractivity contribution in [2.45, 2.75) is 6.18 Å². The van der Waals surface area contributed by atoms with E-state index in [9.17, 15) is 13.2 Å². The lowest BCUT2D eigenvalue weighted by molar-refractivity contribution is -0.137. The van der Waals surface area contributed by atoms with Crippen molar-refractivity contribution in [3.05, 3.63) is 43.1 Å². The quantitative estimate of drug-likeness (QED) is 0.825. The van der Waals surface area contributed by atoms with Crippen LogP contribution in [0.15, 0.2) is 37.6 Å². The van der Waals surface area contributed by atoms with E-state index in [4.69, 9.17) is 5.73 Å². The fourth-order valence-electron chi connectivity index (χ4n) is 1.45. The number of anilines is 2. The van der Waals surface area contributed by atoms with Gasteiger partial charge < -0.3 is 10.6 Å². The van der Waals surface area contributed by atoms with Crippen molar-refractivity contribution in [2.75, 3.05) is 23.7 Å². The summed E-state index contributed by atoms with van der Waals surface area (Å²) in [7, 11) is 0. The average Bonchev–Trinajstić information content (AvgIpc) is 2.28. The molecule has 0 aromatic carbocycles. The van der Waals surface area contributed by atoms with E-state index in [1.807, 2.05) is 0 Å². The predicted octanol–water partition coefficient (Wildman–Crippen LogP) is 2.86. The Morgan fingerprint density at radius 2 is 1.83 bits per heavy atom. The standard InChI is InChI=1S/C12H14F3N3/c1-3-5-18(6-4-2)10-7-9(12(13,14)15)8-17-11(10)16/h3-4,7-8H,1-2,5-6H2,(H2,16,17). The molecule has 0 unspecified atom stereocenters. The maximum absolute atomic E-state index is 12.6. The molecule has 2 N–H and O–H groups in total. The van der Waals surface area contributed by atoms with Gasteiger partial charge in [0.2, 0.25) is 0 Å². The highest BCUT2D eigenvalue weighted by molar-refractivity contribution is 5.65.